The van der Waals surface area contributed by atoms with E-state index in [4.69, 9.17) is 0 Å². The number of carbonyl (C=O) groups is 2. The summed E-state index contributed by atoms with van der Waals surface area (Å²) in [5.74, 6) is -0.672. The SMILES string of the molecule is O=C1CC(C(=O)NC2CCS(=O)(=O)c3ccccc32)CN1. The zero-order chi connectivity index (χ0) is 15.0. The summed E-state index contributed by atoms with van der Waals surface area (Å²) in [5, 5.41) is 5.50. The van der Waals surface area contributed by atoms with Gasteiger partial charge in [0.15, 0.2) is 9.84 Å². The minimum atomic E-state index is -3.26. The van der Waals surface area contributed by atoms with Crippen molar-refractivity contribution < 1.29 is 18.0 Å². The molecule has 6 nitrogen and oxygen atoms in total. The van der Waals surface area contributed by atoms with Crippen molar-refractivity contribution >= 4 is 21.7 Å². The van der Waals surface area contributed by atoms with Gasteiger partial charge in [0.05, 0.1) is 22.6 Å². The Morgan fingerprint density at radius 1 is 1.29 bits per heavy atom. The number of sulfone groups is 1. The Morgan fingerprint density at radius 2 is 2.05 bits per heavy atom. The second-order valence-electron chi connectivity index (χ2n) is 5.41. The Balaban J connectivity index is 1.81. The average Bonchev–Trinajstić information content (AvgIpc) is 2.89. The van der Waals surface area contributed by atoms with Crippen molar-refractivity contribution in [2.45, 2.75) is 23.8 Å². The second-order valence-corrected chi connectivity index (χ2v) is 7.49. The molecule has 7 heteroatoms. The van der Waals surface area contributed by atoms with Crippen LogP contribution in [0.5, 0.6) is 0 Å². The van der Waals surface area contributed by atoms with Crippen LogP contribution in [-0.4, -0.2) is 32.5 Å². The number of rotatable bonds is 2. The molecule has 2 aliphatic heterocycles. The Hall–Kier alpha value is -1.89. The van der Waals surface area contributed by atoms with Gasteiger partial charge in [-0.2, -0.15) is 0 Å². The molecule has 0 radical (unpaired) electrons. The molecule has 0 aromatic heterocycles. The van der Waals surface area contributed by atoms with Crippen LogP contribution in [0.4, 0.5) is 0 Å². The van der Waals surface area contributed by atoms with E-state index in [1.807, 2.05) is 0 Å². The van der Waals surface area contributed by atoms with Crippen LogP contribution >= 0.6 is 0 Å². The number of hydrogen-bond donors (Lipinski definition) is 2. The molecular formula is C14H16N2O4S. The molecule has 1 saturated heterocycles. The highest BCUT2D eigenvalue weighted by Crippen LogP contribution is 2.32. The molecule has 2 atom stereocenters. The van der Waals surface area contributed by atoms with Gasteiger partial charge < -0.3 is 10.6 Å². The van der Waals surface area contributed by atoms with Crippen molar-refractivity contribution in [2.75, 3.05) is 12.3 Å². The summed E-state index contributed by atoms with van der Waals surface area (Å²) in [6, 6.07) is 6.44. The van der Waals surface area contributed by atoms with Crippen LogP contribution in [-0.2, 0) is 19.4 Å². The van der Waals surface area contributed by atoms with Gasteiger partial charge in [0.1, 0.15) is 0 Å². The summed E-state index contributed by atoms with van der Waals surface area (Å²) in [5.41, 5.74) is 0.634. The van der Waals surface area contributed by atoms with E-state index in [-0.39, 0.29) is 35.9 Å². The number of carbonyl (C=O) groups excluding carboxylic acids is 2. The summed E-state index contributed by atoms with van der Waals surface area (Å²) < 4.78 is 24.1. The molecule has 1 fully saturated rings. The van der Waals surface area contributed by atoms with Crippen LogP contribution in [0.15, 0.2) is 29.2 Å². The van der Waals surface area contributed by atoms with Gasteiger partial charge >= 0.3 is 0 Å². The summed E-state index contributed by atoms with van der Waals surface area (Å²) in [6.07, 6.45) is 0.553. The lowest BCUT2D eigenvalue weighted by Gasteiger charge is -2.27. The van der Waals surface area contributed by atoms with Gasteiger partial charge in [-0.25, -0.2) is 8.42 Å². The van der Waals surface area contributed by atoms with E-state index in [2.05, 4.69) is 10.6 Å². The molecule has 2 amide bonds. The van der Waals surface area contributed by atoms with Crippen molar-refractivity contribution in [1.29, 1.82) is 0 Å². The van der Waals surface area contributed by atoms with E-state index >= 15 is 0 Å². The minimum absolute atomic E-state index is 0.0246. The molecule has 0 aliphatic carbocycles. The Labute approximate surface area is 122 Å². The normalized spacial score (nSPS) is 26.8. The van der Waals surface area contributed by atoms with E-state index in [1.165, 1.54) is 0 Å². The van der Waals surface area contributed by atoms with E-state index in [0.717, 1.165) is 0 Å². The van der Waals surface area contributed by atoms with E-state index in [1.54, 1.807) is 24.3 Å². The molecule has 0 spiro atoms. The highest BCUT2D eigenvalue weighted by atomic mass is 32.2. The van der Waals surface area contributed by atoms with Crippen LogP contribution in [0.1, 0.15) is 24.4 Å². The number of benzene rings is 1. The maximum Gasteiger partial charge on any atom is 0.225 e. The van der Waals surface area contributed by atoms with Crippen molar-refractivity contribution in [3.05, 3.63) is 29.8 Å². The number of fused-ring (bicyclic) bond motifs is 1. The summed E-state index contributed by atoms with van der Waals surface area (Å²) in [7, 11) is -3.26. The number of nitrogens with one attached hydrogen (secondary N) is 2. The van der Waals surface area contributed by atoms with Crippen LogP contribution in [0.2, 0.25) is 0 Å². The molecule has 2 heterocycles. The van der Waals surface area contributed by atoms with Crippen molar-refractivity contribution in [2.24, 2.45) is 5.92 Å². The predicted octanol–water partition coefficient (Wildman–Crippen LogP) is 0.157. The maximum atomic E-state index is 12.2. The second kappa shape index (κ2) is 5.14. The highest BCUT2D eigenvalue weighted by Gasteiger charge is 2.34. The van der Waals surface area contributed by atoms with Gasteiger partial charge in [-0.15, -0.1) is 0 Å². The monoisotopic (exact) mass is 308 g/mol. The van der Waals surface area contributed by atoms with Crippen LogP contribution < -0.4 is 10.6 Å². The molecule has 0 saturated carbocycles. The third kappa shape index (κ3) is 2.65. The van der Waals surface area contributed by atoms with Crippen molar-refractivity contribution in [3.8, 4) is 0 Å². The Morgan fingerprint density at radius 3 is 2.76 bits per heavy atom. The fourth-order valence-corrected chi connectivity index (χ4v) is 4.44. The van der Waals surface area contributed by atoms with Gasteiger partial charge in [-0.05, 0) is 18.1 Å². The summed E-state index contributed by atoms with van der Waals surface area (Å²) >= 11 is 0. The molecule has 2 aliphatic rings. The van der Waals surface area contributed by atoms with Gasteiger partial charge in [0.2, 0.25) is 11.8 Å². The molecule has 1 aromatic rings. The summed E-state index contributed by atoms with van der Waals surface area (Å²) in [4.78, 5) is 23.6. The number of hydrogen-bond acceptors (Lipinski definition) is 4. The Bertz CT molecular complexity index is 699. The third-order valence-electron chi connectivity index (χ3n) is 3.97. The molecular weight excluding hydrogens is 292 g/mol. The third-order valence-corrected chi connectivity index (χ3v) is 5.78. The van der Waals surface area contributed by atoms with Crippen molar-refractivity contribution in [1.82, 2.24) is 10.6 Å². The van der Waals surface area contributed by atoms with Crippen LogP contribution in [0.25, 0.3) is 0 Å². The first kappa shape index (κ1) is 14.1. The zero-order valence-corrected chi connectivity index (χ0v) is 12.2. The summed E-state index contributed by atoms with van der Waals surface area (Å²) in [6.45, 7) is 0.345. The lowest BCUT2D eigenvalue weighted by molar-refractivity contribution is -0.127. The Kier molecular flexibility index (Phi) is 3.44. The highest BCUT2D eigenvalue weighted by molar-refractivity contribution is 7.91. The van der Waals surface area contributed by atoms with Gasteiger partial charge in [0, 0.05) is 13.0 Å². The first-order valence-electron chi connectivity index (χ1n) is 6.86. The molecule has 112 valence electrons. The fourth-order valence-electron chi connectivity index (χ4n) is 2.82. The molecule has 2 N–H and O–H groups in total. The minimum Gasteiger partial charge on any atom is -0.355 e. The van der Waals surface area contributed by atoms with Gasteiger partial charge in [-0.1, -0.05) is 18.2 Å². The van der Waals surface area contributed by atoms with E-state index < -0.39 is 9.84 Å². The smallest absolute Gasteiger partial charge is 0.225 e. The van der Waals surface area contributed by atoms with Gasteiger partial charge in [-0.3, -0.25) is 9.59 Å². The average molecular weight is 308 g/mol. The molecule has 21 heavy (non-hydrogen) atoms. The van der Waals surface area contributed by atoms with Crippen LogP contribution in [0, 0.1) is 5.92 Å². The molecule has 3 rings (SSSR count). The first-order valence-corrected chi connectivity index (χ1v) is 8.51. The molecule has 2 unspecified atom stereocenters. The standard InChI is InChI=1S/C14H16N2O4S/c17-13-7-9(8-15-13)14(18)16-11-5-6-21(19,20)12-4-2-1-3-10(11)12/h1-4,9,11H,5-8H2,(H,15,17)(H,16,18). The quantitative estimate of drug-likeness (QED) is 0.814. The molecule has 0 bridgehead atoms. The maximum absolute atomic E-state index is 12.2. The lowest BCUT2D eigenvalue weighted by Crippen LogP contribution is -2.38. The predicted molar refractivity (Wildman–Crippen MR) is 75.1 cm³/mol. The fraction of sp³-hybridized carbons (Fsp3) is 0.429. The molecule has 1 aromatic carbocycles. The lowest BCUT2D eigenvalue weighted by atomic mass is 10.0. The van der Waals surface area contributed by atoms with E-state index in [9.17, 15) is 18.0 Å². The topological polar surface area (TPSA) is 92.3 Å². The largest absolute Gasteiger partial charge is 0.355 e. The van der Waals surface area contributed by atoms with Crippen molar-refractivity contribution in [3.63, 3.8) is 0 Å². The van der Waals surface area contributed by atoms with Gasteiger partial charge in [0.25, 0.3) is 0 Å². The van der Waals surface area contributed by atoms with E-state index in [0.29, 0.717) is 23.4 Å². The van der Waals surface area contributed by atoms with Crippen LogP contribution in [0.3, 0.4) is 0 Å². The zero-order valence-electron chi connectivity index (χ0n) is 11.3. The first-order chi connectivity index (χ1) is 9.97. The number of amides is 2.